The molecule has 0 radical (unpaired) electrons. The second kappa shape index (κ2) is 11.0. The van der Waals surface area contributed by atoms with Crippen molar-refractivity contribution >= 4 is 40.7 Å². The maximum absolute atomic E-state index is 13.6. The highest BCUT2D eigenvalue weighted by molar-refractivity contribution is 6.32. The minimum atomic E-state index is -0.826. The van der Waals surface area contributed by atoms with Crippen LogP contribution in [-0.4, -0.2) is 29.1 Å². The number of carbonyl (C=O) groups is 2. The van der Waals surface area contributed by atoms with Gasteiger partial charge in [-0.25, -0.2) is 0 Å². The van der Waals surface area contributed by atoms with Gasteiger partial charge in [0, 0.05) is 17.3 Å². The molecule has 1 heterocycles. The number of rotatable bonds is 8. The van der Waals surface area contributed by atoms with E-state index in [9.17, 15) is 9.59 Å². The van der Waals surface area contributed by atoms with E-state index in [0.29, 0.717) is 34.4 Å². The highest BCUT2D eigenvalue weighted by atomic mass is 35.5. The normalized spacial score (nSPS) is 17.9. The molecule has 0 aromatic heterocycles. The minimum Gasteiger partial charge on any atom is -0.489 e. The van der Waals surface area contributed by atoms with Gasteiger partial charge < -0.3 is 15.4 Å². The van der Waals surface area contributed by atoms with Crippen LogP contribution in [-0.2, 0) is 22.6 Å². The zero-order valence-corrected chi connectivity index (χ0v) is 21.0. The molecule has 182 valence electrons. The zero-order valence-electron chi connectivity index (χ0n) is 19.5. The Morgan fingerprint density at radius 3 is 2.34 bits per heavy atom. The van der Waals surface area contributed by atoms with Crippen LogP contribution >= 0.6 is 23.2 Å². The molecule has 2 unspecified atom stereocenters. The molecule has 2 N–H and O–H groups in total. The van der Waals surface area contributed by atoms with E-state index in [1.54, 1.807) is 35.2 Å². The number of hydrogen-bond donors (Lipinski definition) is 2. The first kappa shape index (κ1) is 24.9. The molecule has 0 bridgehead atoms. The Hall–Kier alpha value is -3.22. The van der Waals surface area contributed by atoms with Crippen LogP contribution in [0.1, 0.15) is 25.0 Å². The van der Waals surface area contributed by atoms with E-state index in [2.05, 4.69) is 10.6 Å². The lowest BCUT2D eigenvalue weighted by Crippen LogP contribution is -2.64. The van der Waals surface area contributed by atoms with Gasteiger partial charge in [0.2, 0.25) is 11.8 Å². The van der Waals surface area contributed by atoms with Gasteiger partial charge in [-0.05, 0) is 61.7 Å². The van der Waals surface area contributed by atoms with Gasteiger partial charge in [0.1, 0.15) is 11.7 Å². The van der Waals surface area contributed by atoms with Crippen LogP contribution in [0.25, 0.3) is 0 Å². The molecule has 2 atom stereocenters. The molecule has 3 aromatic rings. The van der Waals surface area contributed by atoms with Gasteiger partial charge in [-0.2, -0.15) is 0 Å². The Morgan fingerprint density at radius 2 is 1.69 bits per heavy atom. The second-order valence-electron chi connectivity index (χ2n) is 8.70. The lowest BCUT2D eigenvalue weighted by molar-refractivity contribution is -0.151. The molecule has 8 heteroatoms. The Balaban J connectivity index is 1.59. The number of halogens is 2. The van der Waals surface area contributed by atoms with E-state index in [1.807, 2.05) is 56.3 Å². The lowest BCUT2D eigenvalue weighted by atomic mass is 9.95. The first-order chi connectivity index (χ1) is 16.8. The number of ether oxygens (including phenoxy) is 1. The summed E-state index contributed by atoms with van der Waals surface area (Å²) in [5.74, 6) is -0.837. The Bertz CT molecular complexity index is 1190. The molecule has 1 aliphatic heterocycles. The number of amides is 2. The molecular formula is C27H27Cl2N3O3. The average molecular weight is 512 g/mol. The zero-order chi connectivity index (χ0) is 24.9. The van der Waals surface area contributed by atoms with Gasteiger partial charge >= 0.3 is 0 Å². The molecule has 1 aliphatic rings. The summed E-state index contributed by atoms with van der Waals surface area (Å²) < 4.78 is 5.70. The summed E-state index contributed by atoms with van der Waals surface area (Å²) in [5, 5.41) is 7.25. The van der Waals surface area contributed by atoms with E-state index in [0.717, 1.165) is 11.1 Å². The fraction of sp³-hybridized carbons (Fsp3) is 0.259. The molecule has 0 aliphatic carbocycles. The van der Waals surface area contributed by atoms with Crippen molar-refractivity contribution in [2.24, 2.45) is 5.92 Å². The third-order valence-corrected chi connectivity index (χ3v) is 6.18. The minimum absolute atomic E-state index is 0.0158. The SMILES string of the molecule is CC(C)Oc1ccc(NC2NC(=O)C(Cc3ccccc3)C(=O)N2Cc2ccc(Cl)cc2)cc1Cl. The van der Waals surface area contributed by atoms with E-state index in [4.69, 9.17) is 27.9 Å². The molecule has 2 amide bonds. The molecular weight excluding hydrogens is 485 g/mol. The highest BCUT2D eigenvalue weighted by Crippen LogP contribution is 2.30. The Labute approximate surface area is 215 Å². The van der Waals surface area contributed by atoms with Gasteiger partial charge in [0.25, 0.3) is 0 Å². The molecule has 0 spiro atoms. The Kier molecular flexibility index (Phi) is 7.83. The third kappa shape index (κ3) is 6.27. The topological polar surface area (TPSA) is 70.7 Å². The van der Waals surface area contributed by atoms with Crippen LogP contribution in [0.15, 0.2) is 72.8 Å². The highest BCUT2D eigenvalue weighted by Gasteiger charge is 2.40. The molecule has 3 aromatic carbocycles. The number of nitrogens with zero attached hydrogens (tertiary/aromatic N) is 1. The fourth-order valence-electron chi connectivity index (χ4n) is 3.95. The summed E-state index contributed by atoms with van der Waals surface area (Å²) in [5.41, 5.74) is 2.46. The van der Waals surface area contributed by atoms with Crippen LogP contribution in [0.4, 0.5) is 5.69 Å². The van der Waals surface area contributed by atoms with Crippen molar-refractivity contribution in [1.29, 1.82) is 0 Å². The summed E-state index contributed by atoms with van der Waals surface area (Å²) in [6.45, 7) is 4.14. The van der Waals surface area contributed by atoms with Crippen LogP contribution in [0.5, 0.6) is 5.75 Å². The number of hydrogen-bond acceptors (Lipinski definition) is 4. The maximum atomic E-state index is 13.6. The van der Waals surface area contributed by atoms with Crippen LogP contribution in [0, 0.1) is 5.92 Å². The largest absolute Gasteiger partial charge is 0.489 e. The van der Waals surface area contributed by atoms with Crippen molar-refractivity contribution in [2.75, 3.05) is 5.32 Å². The van der Waals surface area contributed by atoms with Crippen LogP contribution in [0.3, 0.4) is 0 Å². The summed E-state index contributed by atoms with van der Waals surface area (Å²) >= 11 is 12.4. The van der Waals surface area contributed by atoms with Gasteiger partial charge in [0.05, 0.1) is 11.1 Å². The molecule has 35 heavy (non-hydrogen) atoms. The predicted octanol–water partition coefficient (Wildman–Crippen LogP) is 5.49. The van der Waals surface area contributed by atoms with Crippen LogP contribution < -0.4 is 15.4 Å². The van der Waals surface area contributed by atoms with Gasteiger partial charge in [-0.15, -0.1) is 0 Å². The van der Waals surface area contributed by atoms with Gasteiger partial charge in [-0.3, -0.25) is 14.5 Å². The van der Waals surface area contributed by atoms with E-state index in [1.165, 1.54) is 0 Å². The standard InChI is InChI=1S/C27H27Cl2N3O3/c1-17(2)35-24-13-12-21(15-23(24)29)30-27-31-25(33)22(14-18-6-4-3-5-7-18)26(34)32(27)16-19-8-10-20(28)11-9-19/h3-13,15,17,22,27,30H,14,16H2,1-2H3,(H,31,33). The first-order valence-electron chi connectivity index (χ1n) is 11.4. The van der Waals surface area contributed by atoms with E-state index < -0.39 is 12.2 Å². The Morgan fingerprint density at radius 1 is 0.971 bits per heavy atom. The first-order valence-corrected chi connectivity index (χ1v) is 12.2. The number of carbonyl (C=O) groups excluding carboxylic acids is 2. The maximum Gasteiger partial charge on any atom is 0.238 e. The van der Waals surface area contributed by atoms with Gasteiger partial charge in [-0.1, -0.05) is 65.7 Å². The molecule has 0 saturated carbocycles. The number of anilines is 1. The van der Waals surface area contributed by atoms with Crippen molar-refractivity contribution in [3.8, 4) is 5.75 Å². The predicted molar refractivity (Wildman–Crippen MR) is 138 cm³/mol. The average Bonchev–Trinajstić information content (AvgIpc) is 2.82. The summed E-state index contributed by atoms with van der Waals surface area (Å²) in [6.07, 6.45) is -0.453. The second-order valence-corrected chi connectivity index (χ2v) is 9.55. The van der Waals surface area contributed by atoms with Gasteiger partial charge in [0.15, 0.2) is 6.29 Å². The fourth-order valence-corrected chi connectivity index (χ4v) is 4.30. The quantitative estimate of drug-likeness (QED) is 0.392. The number of nitrogens with one attached hydrogen (secondary N) is 2. The molecule has 6 nitrogen and oxygen atoms in total. The monoisotopic (exact) mass is 511 g/mol. The van der Waals surface area contributed by atoms with Crippen molar-refractivity contribution in [2.45, 2.75) is 39.2 Å². The third-order valence-electron chi connectivity index (χ3n) is 5.64. The van der Waals surface area contributed by atoms with Crippen LogP contribution in [0.2, 0.25) is 10.0 Å². The smallest absolute Gasteiger partial charge is 0.238 e. The van der Waals surface area contributed by atoms with Crippen molar-refractivity contribution in [3.05, 3.63) is 94.0 Å². The summed E-state index contributed by atoms with van der Waals surface area (Å²) in [7, 11) is 0. The molecule has 4 rings (SSSR count). The van der Waals surface area contributed by atoms with Crippen molar-refractivity contribution in [3.63, 3.8) is 0 Å². The summed E-state index contributed by atoms with van der Waals surface area (Å²) in [4.78, 5) is 28.3. The van der Waals surface area contributed by atoms with Crippen molar-refractivity contribution < 1.29 is 14.3 Å². The summed E-state index contributed by atoms with van der Waals surface area (Å²) in [6, 6.07) is 22.1. The van der Waals surface area contributed by atoms with Crippen molar-refractivity contribution in [1.82, 2.24) is 10.2 Å². The van der Waals surface area contributed by atoms with E-state index in [-0.39, 0.29) is 17.9 Å². The molecule has 1 fully saturated rings. The number of benzene rings is 3. The molecule has 1 saturated heterocycles. The van der Waals surface area contributed by atoms with E-state index >= 15 is 0 Å². The lowest BCUT2D eigenvalue weighted by Gasteiger charge is -2.40.